The van der Waals surface area contributed by atoms with Gasteiger partial charge in [-0.25, -0.2) is 0 Å². The first-order valence-corrected chi connectivity index (χ1v) is 7.96. The van der Waals surface area contributed by atoms with Gasteiger partial charge < -0.3 is 9.47 Å². The van der Waals surface area contributed by atoms with E-state index in [0.29, 0.717) is 24.0 Å². The molecule has 1 aromatic rings. The number of alkyl halides is 3. The van der Waals surface area contributed by atoms with Crippen LogP contribution < -0.4 is 9.47 Å². The Kier molecular flexibility index (Phi) is 4.24. The Morgan fingerprint density at radius 3 is 2.41 bits per heavy atom. The fourth-order valence-electron chi connectivity index (χ4n) is 2.99. The molecular formula is C17H21F3O2. The number of halogens is 3. The van der Waals surface area contributed by atoms with E-state index >= 15 is 0 Å². The van der Waals surface area contributed by atoms with Crippen molar-refractivity contribution in [2.75, 3.05) is 6.61 Å². The summed E-state index contributed by atoms with van der Waals surface area (Å²) in [6.07, 6.45) is 1.93. The van der Waals surface area contributed by atoms with E-state index < -0.39 is 6.36 Å². The molecule has 0 N–H and O–H groups in total. The third kappa shape index (κ3) is 3.68. The molecule has 0 amide bonds. The van der Waals surface area contributed by atoms with E-state index in [4.69, 9.17) is 4.74 Å². The van der Waals surface area contributed by atoms with Gasteiger partial charge >= 0.3 is 6.36 Å². The summed E-state index contributed by atoms with van der Waals surface area (Å²) >= 11 is 0. The summed E-state index contributed by atoms with van der Waals surface area (Å²) in [5.41, 5.74) is 1.51. The van der Waals surface area contributed by atoms with E-state index in [1.165, 1.54) is 19.3 Å². The van der Waals surface area contributed by atoms with Gasteiger partial charge in [0.15, 0.2) is 11.5 Å². The zero-order valence-corrected chi connectivity index (χ0v) is 12.7. The zero-order chi connectivity index (χ0) is 15.7. The molecule has 0 radical (unpaired) electrons. The number of hydrogen-bond donors (Lipinski definition) is 0. The predicted molar refractivity (Wildman–Crippen MR) is 77.3 cm³/mol. The molecule has 0 aromatic heterocycles. The van der Waals surface area contributed by atoms with Crippen LogP contribution in [0.5, 0.6) is 11.5 Å². The van der Waals surface area contributed by atoms with Gasteiger partial charge in [-0.1, -0.05) is 25.3 Å². The van der Waals surface area contributed by atoms with Crippen molar-refractivity contribution in [3.63, 3.8) is 0 Å². The van der Waals surface area contributed by atoms with Gasteiger partial charge in [0.2, 0.25) is 0 Å². The molecule has 0 atom stereocenters. The summed E-state index contributed by atoms with van der Waals surface area (Å²) in [4.78, 5) is 0. The first-order chi connectivity index (χ1) is 10.4. The molecular weight excluding hydrogens is 293 g/mol. The normalized spacial score (nSPS) is 18.9. The molecule has 2 saturated carbocycles. The Balaban J connectivity index is 1.75. The molecule has 0 unspecified atom stereocenters. The summed E-state index contributed by atoms with van der Waals surface area (Å²) in [5.74, 6) is 1.09. The van der Waals surface area contributed by atoms with Crippen LogP contribution in [0.15, 0.2) is 12.1 Å². The molecule has 3 rings (SSSR count). The molecule has 22 heavy (non-hydrogen) atoms. The Morgan fingerprint density at radius 2 is 1.86 bits per heavy atom. The minimum atomic E-state index is -4.70. The molecule has 0 bridgehead atoms. The molecule has 2 nitrogen and oxygen atoms in total. The first kappa shape index (κ1) is 15.5. The van der Waals surface area contributed by atoms with Crippen LogP contribution in [0, 0.1) is 12.8 Å². The number of benzene rings is 1. The number of ether oxygens (including phenoxy) is 2. The van der Waals surface area contributed by atoms with E-state index in [2.05, 4.69) is 4.74 Å². The Labute approximate surface area is 128 Å². The highest BCUT2D eigenvalue weighted by atomic mass is 19.4. The number of hydrogen-bond acceptors (Lipinski definition) is 2. The highest BCUT2D eigenvalue weighted by Crippen LogP contribution is 2.47. The second-order valence-electron chi connectivity index (χ2n) is 6.36. The van der Waals surface area contributed by atoms with E-state index in [1.807, 2.05) is 6.07 Å². The fourth-order valence-corrected chi connectivity index (χ4v) is 2.99. The van der Waals surface area contributed by atoms with Crippen LogP contribution in [-0.2, 0) is 0 Å². The van der Waals surface area contributed by atoms with E-state index in [1.54, 1.807) is 13.0 Å². The largest absolute Gasteiger partial charge is 0.573 e. The standard InChI is InChI=1S/C17H21F3O2/c1-11-14(13-5-6-13)7-8-15(16(11)22-17(18,19)20)21-10-9-12-3-2-4-12/h7-8,12-13H,2-6,9-10H2,1H3. The summed E-state index contributed by atoms with van der Waals surface area (Å²) < 4.78 is 47.9. The van der Waals surface area contributed by atoms with Crippen LogP contribution >= 0.6 is 0 Å². The molecule has 0 heterocycles. The molecule has 0 saturated heterocycles. The van der Waals surface area contributed by atoms with Crippen molar-refractivity contribution in [3.8, 4) is 11.5 Å². The van der Waals surface area contributed by atoms with Crippen molar-refractivity contribution in [3.05, 3.63) is 23.3 Å². The van der Waals surface area contributed by atoms with Gasteiger partial charge in [0.25, 0.3) is 0 Å². The zero-order valence-electron chi connectivity index (χ0n) is 12.7. The minimum absolute atomic E-state index is 0.162. The van der Waals surface area contributed by atoms with E-state index in [-0.39, 0.29) is 11.5 Å². The Hall–Kier alpha value is -1.39. The lowest BCUT2D eigenvalue weighted by molar-refractivity contribution is -0.275. The molecule has 5 heteroatoms. The quantitative estimate of drug-likeness (QED) is 0.705. The first-order valence-electron chi connectivity index (χ1n) is 7.96. The molecule has 2 aliphatic carbocycles. The third-order valence-electron chi connectivity index (χ3n) is 4.66. The lowest BCUT2D eigenvalue weighted by Gasteiger charge is -2.25. The molecule has 0 spiro atoms. The average Bonchev–Trinajstić information content (AvgIpc) is 3.19. The van der Waals surface area contributed by atoms with Crippen molar-refractivity contribution >= 4 is 0 Å². The van der Waals surface area contributed by atoms with E-state index in [9.17, 15) is 13.2 Å². The van der Waals surface area contributed by atoms with E-state index in [0.717, 1.165) is 24.8 Å². The van der Waals surface area contributed by atoms with Crippen LogP contribution in [0.25, 0.3) is 0 Å². The lowest BCUT2D eigenvalue weighted by Crippen LogP contribution is -2.19. The van der Waals surface area contributed by atoms with Gasteiger partial charge in [-0.05, 0) is 55.2 Å². The minimum Gasteiger partial charge on any atom is -0.490 e. The predicted octanol–water partition coefficient (Wildman–Crippen LogP) is 5.34. The van der Waals surface area contributed by atoms with Crippen LogP contribution in [0.4, 0.5) is 13.2 Å². The van der Waals surface area contributed by atoms with Crippen LogP contribution in [-0.4, -0.2) is 13.0 Å². The third-order valence-corrected chi connectivity index (χ3v) is 4.66. The summed E-state index contributed by atoms with van der Waals surface area (Å²) in [6.45, 7) is 2.13. The van der Waals surface area contributed by atoms with Gasteiger partial charge in [0, 0.05) is 0 Å². The molecule has 122 valence electrons. The summed E-state index contributed by atoms with van der Waals surface area (Å²) in [5, 5.41) is 0. The van der Waals surface area contributed by atoms with Crippen molar-refractivity contribution in [1.82, 2.24) is 0 Å². The maximum absolute atomic E-state index is 12.7. The Bertz CT molecular complexity index is 531. The highest BCUT2D eigenvalue weighted by molar-refractivity contribution is 5.52. The molecule has 2 aliphatic rings. The lowest BCUT2D eigenvalue weighted by atomic mass is 9.83. The smallest absolute Gasteiger partial charge is 0.490 e. The van der Waals surface area contributed by atoms with Gasteiger partial charge in [0.1, 0.15) is 0 Å². The van der Waals surface area contributed by atoms with Crippen molar-refractivity contribution in [2.24, 2.45) is 5.92 Å². The van der Waals surface area contributed by atoms with Crippen LogP contribution in [0.1, 0.15) is 55.6 Å². The monoisotopic (exact) mass is 314 g/mol. The maximum Gasteiger partial charge on any atom is 0.573 e. The van der Waals surface area contributed by atoms with Crippen molar-refractivity contribution < 1.29 is 22.6 Å². The van der Waals surface area contributed by atoms with Gasteiger partial charge in [0.05, 0.1) is 6.61 Å². The second-order valence-corrected chi connectivity index (χ2v) is 6.36. The molecule has 0 aliphatic heterocycles. The SMILES string of the molecule is Cc1c(C2CC2)ccc(OCCC2CCC2)c1OC(F)(F)F. The van der Waals surface area contributed by atoms with Gasteiger partial charge in [-0.3, -0.25) is 0 Å². The highest BCUT2D eigenvalue weighted by Gasteiger charge is 2.35. The van der Waals surface area contributed by atoms with Crippen LogP contribution in [0.2, 0.25) is 0 Å². The van der Waals surface area contributed by atoms with Crippen molar-refractivity contribution in [2.45, 2.75) is 57.7 Å². The van der Waals surface area contributed by atoms with Gasteiger partial charge in [-0.15, -0.1) is 13.2 Å². The van der Waals surface area contributed by atoms with Gasteiger partial charge in [-0.2, -0.15) is 0 Å². The topological polar surface area (TPSA) is 18.5 Å². The van der Waals surface area contributed by atoms with Crippen molar-refractivity contribution in [1.29, 1.82) is 0 Å². The Morgan fingerprint density at radius 1 is 1.14 bits per heavy atom. The summed E-state index contributed by atoms with van der Waals surface area (Å²) in [7, 11) is 0. The molecule has 1 aromatic carbocycles. The summed E-state index contributed by atoms with van der Waals surface area (Å²) in [6, 6.07) is 3.51. The van der Waals surface area contributed by atoms with Crippen LogP contribution in [0.3, 0.4) is 0 Å². The molecule has 2 fully saturated rings. The second kappa shape index (κ2) is 6.01. The maximum atomic E-state index is 12.7. The average molecular weight is 314 g/mol. The fraction of sp³-hybridized carbons (Fsp3) is 0.647. The number of rotatable bonds is 6.